The van der Waals surface area contributed by atoms with Crippen molar-refractivity contribution in [3.8, 4) is 0 Å². The minimum Gasteiger partial charge on any atom is -0.462 e. The molecule has 19 heteroatoms. The fraction of sp³-hybridized carbons (Fsp3) is 0.946. The van der Waals surface area contributed by atoms with Crippen LogP contribution in [-0.4, -0.2) is 96.7 Å². The number of unbranched alkanes of at least 4 members (excludes halogenated alkanes) is 36. The number of carbonyl (C=O) groups excluding carboxylic acids is 4. The maximum absolute atomic E-state index is 13.0. The quantitative estimate of drug-likeness (QED) is 0.0222. The van der Waals surface area contributed by atoms with Crippen LogP contribution >= 0.6 is 15.6 Å². The van der Waals surface area contributed by atoms with E-state index in [2.05, 4.69) is 55.4 Å². The monoisotopic (exact) mass is 1370 g/mol. The fourth-order valence-corrected chi connectivity index (χ4v) is 12.7. The number of carbonyl (C=O) groups is 4. The van der Waals surface area contributed by atoms with Gasteiger partial charge in [0.2, 0.25) is 0 Å². The van der Waals surface area contributed by atoms with E-state index in [1.165, 1.54) is 167 Å². The van der Waals surface area contributed by atoms with Crippen molar-refractivity contribution in [2.75, 3.05) is 39.6 Å². The second-order valence-electron chi connectivity index (χ2n) is 28.4. The largest absolute Gasteiger partial charge is 0.472 e. The van der Waals surface area contributed by atoms with E-state index in [9.17, 15) is 43.2 Å². The Labute approximate surface area is 568 Å². The standard InChI is InChI=1S/C74H144O17P2/c1-9-67(8)53-45-37-28-23-25-29-38-46-54-71(76)84-60-69(91-74(79)57-49-41-31-24-22-27-35-43-51-65(4)5)62-88-92(80,81)86-58-68(75)59-87-93(82,83)89-63-70(61-85-72(77)55-47-39-33-32-36-44-52-66(6)7)90-73(78)56-48-40-30-21-19-17-15-13-11-10-12-14-16-18-20-26-34-42-50-64(2)3/h64-70,75H,9-63H2,1-8H3,(H,80,81)(H,82,83)/t67?,68?,69-,70-/m1/s1. The third kappa shape index (κ3) is 67.0. The lowest BCUT2D eigenvalue weighted by molar-refractivity contribution is -0.161. The molecule has 0 saturated heterocycles. The third-order valence-electron chi connectivity index (χ3n) is 17.4. The number of esters is 4. The Hall–Kier alpha value is -1.94. The number of aliphatic hydroxyl groups is 1. The summed E-state index contributed by atoms with van der Waals surface area (Å²) in [5.41, 5.74) is 0. The molecule has 0 heterocycles. The highest BCUT2D eigenvalue weighted by Crippen LogP contribution is 2.45. The number of hydrogen-bond donors (Lipinski definition) is 3. The van der Waals surface area contributed by atoms with E-state index >= 15 is 0 Å². The summed E-state index contributed by atoms with van der Waals surface area (Å²) in [7, 11) is -9.91. The Morgan fingerprint density at radius 3 is 0.763 bits per heavy atom. The SMILES string of the molecule is CCC(C)CCCCCCCCCCC(=O)OC[C@H](COP(=O)(O)OCC(O)COP(=O)(O)OC[C@@H](COC(=O)CCCCCCCCC(C)C)OC(=O)CCCCCCCCCCCCCCCCCCCCC(C)C)OC(=O)CCCCCCCCCCC(C)C. The molecule has 0 aliphatic rings. The first-order valence-electron chi connectivity index (χ1n) is 38.2. The van der Waals surface area contributed by atoms with Gasteiger partial charge in [0.05, 0.1) is 26.4 Å². The van der Waals surface area contributed by atoms with Gasteiger partial charge in [-0.05, 0) is 49.4 Å². The van der Waals surface area contributed by atoms with Gasteiger partial charge in [-0.1, -0.05) is 319 Å². The minimum absolute atomic E-state index is 0.104. The van der Waals surface area contributed by atoms with E-state index in [1.54, 1.807) is 0 Å². The zero-order chi connectivity index (χ0) is 68.9. The Bertz CT molecular complexity index is 1840. The van der Waals surface area contributed by atoms with Crippen LogP contribution in [0.5, 0.6) is 0 Å². The number of aliphatic hydroxyl groups excluding tert-OH is 1. The van der Waals surface area contributed by atoms with E-state index < -0.39 is 97.5 Å². The summed E-state index contributed by atoms with van der Waals surface area (Å²) in [6.45, 7) is 14.1. The molecule has 6 atom stereocenters. The van der Waals surface area contributed by atoms with Crippen molar-refractivity contribution in [2.24, 2.45) is 23.7 Å². The van der Waals surface area contributed by atoms with Crippen molar-refractivity contribution in [3.05, 3.63) is 0 Å². The van der Waals surface area contributed by atoms with Crippen LogP contribution in [0.2, 0.25) is 0 Å². The zero-order valence-electron chi connectivity index (χ0n) is 60.9. The summed E-state index contributed by atoms with van der Waals surface area (Å²) in [6, 6.07) is 0. The number of phosphoric acid groups is 2. The van der Waals surface area contributed by atoms with Crippen LogP contribution in [0.15, 0.2) is 0 Å². The first-order chi connectivity index (χ1) is 44.6. The van der Waals surface area contributed by atoms with Crippen LogP contribution in [0.3, 0.4) is 0 Å². The second-order valence-corrected chi connectivity index (χ2v) is 31.3. The molecule has 0 fully saturated rings. The predicted octanol–water partition coefficient (Wildman–Crippen LogP) is 21.3. The first kappa shape index (κ1) is 91.1. The maximum Gasteiger partial charge on any atom is 0.472 e. The molecule has 4 unspecified atom stereocenters. The third-order valence-corrected chi connectivity index (χ3v) is 19.3. The van der Waals surface area contributed by atoms with Gasteiger partial charge in [-0.15, -0.1) is 0 Å². The summed E-state index contributed by atoms with van der Waals surface area (Å²) >= 11 is 0. The van der Waals surface area contributed by atoms with Gasteiger partial charge in [0.15, 0.2) is 12.2 Å². The molecule has 0 bridgehead atoms. The number of hydrogen-bond acceptors (Lipinski definition) is 15. The molecular weight excluding hydrogens is 1220 g/mol. The van der Waals surface area contributed by atoms with Crippen molar-refractivity contribution in [3.63, 3.8) is 0 Å². The smallest absolute Gasteiger partial charge is 0.462 e. The average Bonchev–Trinajstić information content (AvgIpc) is 1.44. The van der Waals surface area contributed by atoms with Crippen LogP contribution in [0.4, 0.5) is 0 Å². The van der Waals surface area contributed by atoms with Gasteiger partial charge in [-0.2, -0.15) is 0 Å². The summed E-state index contributed by atoms with van der Waals surface area (Å²) < 4.78 is 68.4. The molecule has 0 spiro atoms. The second kappa shape index (κ2) is 63.5. The molecule has 93 heavy (non-hydrogen) atoms. The van der Waals surface area contributed by atoms with E-state index in [0.29, 0.717) is 31.6 Å². The van der Waals surface area contributed by atoms with Gasteiger partial charge < -0.3 is 33.8 Å². The molecule has 0 aromatic heterocycles. The molecule has 552 valence electrons. The van der Waals surface area contributed by atoms with Crippen molar-refractivity contribution >= 4 is 39.5 Å². The number of phosphoric ester groups is 2. The van der Waals surface area contributed by atoms with Gasteiger partial charge in [-0.25, -0.2) is 9.13 Å². The molecule has 3 N–H and O–H groups in total. The van der Waals surface area contributed by atoms with Crippen molar-refractivity contribution in [2.45, 2.75) is 388 Å². The lowest BCUT2D eigenvalue weighted by Gasteiger charge is -2.21. The van der Waals surface area contributed by atoms with Gasteiger partial charge in [0, 0.05) is 25.7 Å². The maximum atomic E-state index is 13.0. The summed E-state index contributed by atoms with van der Waals surface area (Å²) in [6.07, 6.45) is 47.5. The van der Waals surface area contributed by atoms with E-state index in [0.717, 1.165) is 114 Å². The van der Waals surface area contributed by atoms with E-state index in [-0.39, 0.29) is 25.7 Å². The lowest BCUT2D eigenvalue weighted by atomic mass is 9.99. The van der Waals surface area contributed by atoms with E-state index in [4.69, 9.17) is 37.0 Å². The Morgan fingerprint density at radius 2 is 0.516 bits per heavy atom. The normalized spacial score (nSPS) is 14.5. The first-order valence-corrected chi connectivity index (χ1v) is 41.2. The predicted molar refractivity (Wildman–Crippen MR) is 377 cm³/mol. The summed E-state index contributed by atoms with van der Waals surface area (Å²) in [5, 5.41) is 10.6. The van der Waals surface area contributed by atoms with E-state index in [1.807, 2.05) is 0 Å². The Balaban J connectivity index is 5.16. The van der Waals surface area contributed by atoms with Crippen LogP contribution in [0, 0.1) is 23.7 Å². The number of ether oxygens (including phenoxy) is 4. The van der Waals surface area contributed by atoms with Gasteiger partial charge in [-0.3, -0.25) is 37.3 Å². The molecule has 0 rings (SSSR count). The highest BCUT2D eigenvalue weighted by Gasteiger charge is 2.30. The van der Waals surface area contributed by atoms with Crippen molar-refractivity contribution in [1.29, 1.82) is 0 Å². The molecule has 0 aliphatic heterocycles. The number of rotatable bonds is 71. The molecule has 0 aromatic carbocycles. The summed E-state index contributed by atoms with van der Waals surface area (Å²) in [5.74, 6) is 0.867. The molecule has 0 saturated carbocycles. The fourth-order valence-electron chi connectivity index (χ4n) is 11.2. The Morgan fingerprint density at radius 1 is 0.301 bits per heavy atom. The molecular formula is C74H144O17P2. The average molecular weight is 1370 g/mol. The van der Waals surface area contributed by atoms with Crippen LogP contribution in [-0.2, 0) is 65.4 Å². The lowest BCUT2D eigenvalue weighted by Crippen LogP contribution is -2.30. The topological polar surface area (TPSA) is 237 Å². The van der Waals surface area contributed by atoms with Gasteiger partial charge >= 0.3 is 39.5 Å². The van der Waals surface area contributed by atoms with Crippen LogP contribution in [0.25, 0.3) is 0 Å². The molecule has 0 radical (unpaired) electrons. The van der Waals surface area contributed by atoms with Crippen molar-refractivity contribution < 1.29 is 80.2 Å². The highest BCUT2D eigenvalue weighted by atomic mass is 31.2. The van der Waals surface area contributed by atoms with Crippen LogP contribution in [0.1, 0.15) is 370 Å². The highest BCUT2D eigenvalue weighted by molar-refractivity contribution is 7.47. The summed E-state index contributed by atoms with van der Waals surface area (Å²) in [4.78, 5) is 72.6. The minimum atomic E-state index is -4.95. The molecule has 0 aliphatic carbocycles. The van der Waals surface area contributed by atoms with Gasteiger partial charge in [0.25, 0.3) is 0 Å². The molecule has 0 aromatic rings. The van der Waals surface area contributed by atoms with Gasteiger partial charge in [0.1, 0.15) is 19.3 Å². The molecule has 17 nitrogen and oxygen atoms in total. The Kier molecular flexibility index (Phi) is 62.2. The van der Waals surface area contributed by atoms with Crippen LogP contribution < -0.4 is 0 Å². The zero-order valence-corrected chi connectivity index (χ0v) is 62.7. The van der Waals surface area contributed by atoms with Crippen molar-refractivity contribution in [1.82, 2.24) is 0 Å². The molecule has 0 amide bonds.